The highest BCUT2D eigenvalue weighted by molar-refractivity contribution is 5.50. The van der Waals surface area contributed by atoms with E-state index in [-0.39, 0.29) is 0 Å². The lowest BCUT2D eigenvalue weighted by Gasteiger charge is -2.16. The van der Waals surface area contributed by atoms with Crippen LogP contribution in [-0.2, 0) is 4.74 Å². The molecule has 5 heteroatoms. The number of nitrogens with one attached hydrogen (secondary N) is 1. The molecule has 0 atom stereocenters. The molecule has 0 amide bonds. The molecule has 0 spiro atoms. The molecule has 0 aliphatic carbocycles. The summed E-state index contributed by atoms with van der Waals surface area (Å²) >= 11 is 0. The number of rotatable bonds is 8. The normalized spacial score (nSPS) is 11.1. The maximum atomic E-state index is 5.71. The van der Waals surface area contributed by atoms with Gasteiger partial charge in [0.05, 0.1) is 12.2 Å². The van der Waals surface area contributed by atoms with Crippen LogP contribution in [-0.4, -0.2) is 36.8 Å². The smallest absolute Gasteiger partial charge is 0.222 e. The van der Waals surface area contributed by atoms with Crippen LogP contribution in [0.1, 0.15) is 39.2 Å². The maximum Gasteiger partial charge on any atom is 0.222 e. The monoisotopic (exact) mass is 267 g/mol. The number of hydrogen-bond acceptors (Lipinski definition) is 5. The predicted molar refractivity (Wildman–Crippen MR) is 76.8 cm³/mol. The molecular formula is C14H25N3O2. The molecule has 1 N–H and O–H groups in total. The van der Waals surface area contributed by atoms with Gasteiger partial charge in [0.1, 0.15) is 18.8 Å². The Kier molecular flexibility index (Phi) is 6.56. The van der Waals surface area contributed by atoms with Crippen LogP contribution in [0.3, 0.4) is 0 Å². The van der Waals surface area contributed by atoms with E-state index in [0.717, 1.165) is 18.0 Å². The summed E-state index contributed by atoms with van der Waals surface area (Å²) in [5.74, 6) is 2.31. The molecule has 108 valence electrons. The van der Waals surface area contributed by atoms with Gasteiger partial charge >= 0.3 is 0 Å². The third kappa shape index (κ3) is 5.03. The summed E-state index contributed by atoms with van der Waals surface area (Å²) in [6.45, 7) is 10.3. The fraction of sp³-hybridized carbons (Fsp3) is 0.714. The molecule has 0 aliphatic rings. The largest absolute Gasteiger partial charge is 0.475 e. The zero-order valence-electron chi connectivity index (χ0n) is 12.6. The second-order valence-corrected chi connectivity index (χ2v) is 5.16. The molecule has 0 bridgehead atoms. The molecule has 5 nitrogen and oxygen atoms in total. The van der Waals surface area contributed by atoms with Crippen molar-refractivity contribution in [2.24, 2.45) is 5.92 Å². The Morgan fingerprint density at radius 3 is 2.47 bits per heavy atom. The summed E-state index contributed by atoms with van der Waals surface area (Å²) in [5, 5.41) is 3.07. The molecule has 0 unspecified atom stereocenters. The maximum absolute atomic E-state index is 5.71. The van der Waals surface area contributed by atoms with Crippen molar-refractivity contribution in [2.45, 2.75) is 33.6 Å². The van der Waals surface area contributed by atoms with Gasteiger partial charge in [-0.25, -0.2) is 9.97 Å². The first-order chi connectivity index (χ1) is 9.06. The first-order valence-corrected chi connectivity index (χ1v) is 6.79. The van der Waals surface area contributed by atoms with E-state index in [9.17, 15) is 0 Å². The standard InChI is InChI=1S/C14H25N3O2/c1-10(2)8-18-6-7-19-14-12(11(3)4)13(15-5)16-9-17-14/h9-11H,6-8H2,1-5H3,(H,15,16,17). The number of aromatic nitrogens is 2. The van der Waals surface area contributed by atoms with Gasteiger partial charge in [0, 0.05) is 13.7 Å². The molecule has 0 aliphatic heterocycles. The molecular weight excluding hydrogens is 242 g/mol. The Bertz CT molecular complexity index is 381. The highest BCUT2D eigenvalue weighted by Gasteiger charge is 2.15. The van der Waals surface area contributed by atoms with Gasteiger partial charge in [-0.2, -0.15) is 0 Å². The van der Waals surface area contributed by atoms with Gasteiger partial charge in [0.15, 0.2) is 0 Å². The van der Waals surface area contributed by atoms with Crippen LogP contribution in [0.25, 0.3) is 0 Å². The average molecular weight is 267 g/mol. The van der Waals surface area contributed by atoms with Gasteiger partial charge in [-0.3, -0.25) is 0 Å². The molecule has 1 aromatic rings. The Labute approximate surface area is 115 Å². The number of ether oxygens (including phenoxy) is 2. The van der Waals surface area contributed by atoms with Crippen LogP contribution in [0.15, 0.2) is 6.33 Å². The van der Waals surface area contributed by atoms with Crippen molar-refractivity contribution in [1.82, 2.24) is 9.97 Å². The fourth-order valence-corrected chi connectivity index (χ4v) is 1.73. The van der Waals surface area contributed by atoms with Gasteiger partial charge in [-0.15, -0.1) is 0 Å². The van der Waals surface area contributed by atoms with Crippen LogP contribution in [0, 0.1) is 5.92 Å². The van der Waals surface area contributed by atoms with Crippen molar-refractivity contribution < 1.29 is 9.47 Å². The fourth-order valence-electron chi connectivity index (χ4n) is 1.73. The molecule has 0 saturated heterocycles. The average Bonchev–Trinajstić information content (AvgIpc) is 2.37. The molecule has 1 heterocycles. The van der Waals surface area contributed by atoms with Crippen LogP contribution in [0.2, 0.25) is 0 Å². The van der Waals surface area contributed by atoms with E-state index in [1.54, 1.807) is 0 Å². The third-order valence-corrected chi connectivity index (χ3v) is 2.58. The van der Waals surface area contributed by atoms with E-state index in [2.05, 4.69) is 43.0 Å². The second kappa shape index (κ2) is 7.94. The highest BCUT2D eigenvalue weighted by atomic mass is 16.5. The van der Waals surface area contributed by atoms with Gasteiger partial charge in [0.25, 0.3) is 0 Å². The van der Waals surface area contributed by atoms with Crippen LogP contribution in [0.5, 0.6) is 5.88 Å². The van der Waals surface area contributed by atoms with Crippen molar-refractivity contribution in [1.29, 1.82) is 0 Å². The minimum Gasteiger partial charge on any atom is -0.475 e. The van der Waals surface area contributed by atoms with E-state index in [0.29, 0.717) is 30.9 Å². The summed E-state index contributed by atoms with van der Waals surface area (Å²) in [6.07, 6.45) is 1.52. The van der Waals surface area contributed by atoms with E-state index < -0.39 is 0 Å². The summed E-state index contributed by atoms with van der Waals surface area (Å²) < 4.78 is 11.2. The van der Waals surface area contributed by atoms with Gasteiger partial charge in [-0.1, -0.05) is 27.7 Å². The molecule has 19 heavy (non-hydrogen) atoms. The zero-order valence-corrected chi connectivity index (χ0v) is 12.6. The van der Waals surface area contributed by atoms with E-state index in [1.807, 2.05) is 7.05 Å². The SMILES string of the molecule is CNc1ncnc(OCCOCC(C)C)c1C(C)C. The van der Waals surface area contributed by atoms with Gasteiger partial charge < -0.3 is 14.8 Å². The highest BCUT2D eigenvalue weighted by Crippen LogP contribution is 2.29. The lowest BCUT2D eigenvalue weighted by molar-refractivity contribution is 0.0802. The minimum atomic E-state index is 0.301. The zero-order chi connectivity index (χ0) is 14.3. The quantitative estimate of drug-likeness (QED) is 0.734. The van der Waals surface area contributed by atoms with E-state index >= 15 is 0 Å². The molecule has 0 aromatic carbocycles. The number of anilines is 1. The summed E-state index contributed by atoms with van der Waals surface area (Å²) in [7, 11) is 1.85. The van der Waals surface area contributed by atoms with Gasteiger partial charge in [-0.05, 0) is 11.8 Å². The van der Waals surface area contributed by atoms with Crippen LogP contribution >= 0.6 is 0 Å². The predicted octanol–water partition coefficient (Wildman–Crippen LogP) is 2.69. The Hall–Kier alpha value is -1.36. The summed E-state index contributed by atoms with van der Waals surface area (Å²) in [6, 6.07) is 0. The molecule has 1 aromatic heterocycles. The first-order valence-electron chi connectivity index (χ1n) is 6.79. The minimum absolute atomic E-state index is 0.301. The first kappa shape index (κ1) is 15.7. The van der Waals surface area contributed by atoms with Crippen molar-refractivity contribution in [3.05, 3.63) is 11.9 Å². The molecule has 1 rings (SSSR count). The lowest BCUT2D eigenvalue weighted by atomic mass is 10.1. The van der Waals surface area contributed by atoms with Crippen LogP contribution < -0.4 is 10.1 Å². The topological polar surface area (TPSA) is 56.3 Å². The summed E-state index contributed by atoms with van der Waals surface area (Å²) in [4.78, 5) is 8.43. The molecule has 0 radical (unpaired) electrons. The van der Waals surface area contributed by atoms with Crippen molar-refractivity contribution in [3.8, 4) is 5.88 Å². The number of nitrogens with zero attached hydrogens (tertiary/aromatic N) is 2. The lowest BCUT2D eigenvalue weighted by Crippen LogP contribution is -2.13. The van der Waals surface area contributed by atoms with E-state index in [1.165, 1.54) is 6.33 Å². The van der Waals surface area contributed by atoms with Crippen molar-refractivity contribution in [2.75, 3.05) is 32.2 Å². The summed E-state index contributed by atoms with van der Waals surface area (Å²) in [5.41, 5.74) is 1.01. The Morgan fingerprint density at radius 2 is 1.89 bits per heavy atom. The Balaban J connectivity index is 2.58. The molecule has 0 fully saturated rings. The van der Waals surface area contributed by atoms with Crippen molar-refractivity contribution >= 4 is 5.82 Å². The number of hydrogen-bond donors (Lipinski definition) is 1. The van der Waals surface area contributed by atoms with Gasteiger partial charge in [0.2, 0.25) is 5.88 Å². The molecule has 0 saturated carbocycles. The second-order valence-electron chi connectivity index (χ2n) is 5.16. The van der Waals surface area contributed by atoms with Crippen molar-refractivity contribution in [3.63, 3.8) is 0 Å². The Morgan fingerprint density at radius 1 is 1.16 bits per heavy atom. The third-order valence-electron chi connectivity index (χ3n) is 2.58. The van der Waals surface area contributed by atoms with Crippen LogP contribution in [0.4, 0.5) is 5.82 Å². The van der Waals surface area contributed by atoms with E-state index in [4.69, 9.17) is 9.47 Å².